The number of hydrogen-bond donors (Lipinski definition) is 0. The molecule has 1 aromatic heterocycles. The zero-order chi connectivity index (χ0) is 10.3. The van der Waals surface area contributed by atoms with E-state index in [2.05, 4.69) is 16.9 Å². The predicted molar refractivity (Wildman–Crippen MR) is 58.0 cm³/mol. The zero-order valence-corrected chi connectivity index (χ0v) is 9.02. The van der Waals surface area contributed by atoms with Crippen molar-refractivity contribution in [2.45, 2.75) is 31.4 Å². The lowest BCUT2D eigenvalue weighted by Crippen LogP contribution is -2.39. The highest BCUT2D eigenvalue weighted by Gasteiger charge is 2.35. The van der Waals surface area contributed by atoms with Crippen LogP contribution in [0.15, 0.2) is 18.3 Å². The van der Waals surface area contributed by atoms with E-state index in [0.717, 1.165) is 17.9 Å². The van der Waals surface area contributed by atoms with Crippen molar-refractivity contribution in [2.24, 2.45) is 0 Å². The van der Waals surface area contributed by atoms with Gasteiger partial charge < -0.3 is 4.74 Å². The Morgan fingerprint density at radius 3 is 3.20 bits per heavy atom. The first kappa shape index (κ1) is 9.16. The number of likely N-dealkylation sites (tertiary alicyclic amines) is 1. The van der Waals surface area contributed by atoms with Crippen LogP contribution in [-0.4, -0.2) is 35.6 Å². The van der Waals surface area contributed by atoms with Gasteiger partial charge in [-0.1, -0.05) is 0 Å². The van der Waals surface area contributed by atoms with Crippen LogP contribution in [0, 0.1) is 0 Å². The predicted octanol–water partition coefficient (Wildman–Crippen LogP) is 1.48. The molecule has 15 heavy (non-hydrogen) atoms. The van der Waals surface area contributed by atoms with Crippen LogP contribution in [0.1, 0.15) is 18.5 Å². The van der Waals surface area contributed by atoms with E-state index < -0.39 is 0 Å². The number of aromatic nitrogens is 1. The molecule has 3 nitrogen and oxygen atoms in total. The molecule has 1 saturated heterocycles. The molecule has 0 aromatic carbocycles. The molecule has 2 atom stereocenters. The van der Waals surface area contributed by atoms with Crippen molar-refractivity contribution in [1.29, 1.82) is 0 Å². The van der Waals surface area contributed by atoms with Gasteiger partial charge in [0.2, 0.25) is 0 Å². The average Bonchev–Trinajstić information content (AvgIpc) is 2.82. The third-order valence-electron chi connectivity index (χ3n) is 3.53. The molecule has 0 saturated carbocycles. The first-order chi connectivity index (χ1) is 7.34. The highest BCUT2D eigenvalue weighted by molar-refractivity contribution is 5.32. The van der Waals surface area contributed by atoms with E-state index in [9.17, 15) is 0 Å². The van der Waals surface area contributed by atoms with E-state index in [1.807, 2.05) is 18.3 Å². The third-order valence-corrected chi connectivity index (χ3v) is 3.53. The lowest BCUT2D eigenvalue weighted by Gasteiger charge is -2.24. The summed E-state index contributed by atoms with van der Waals surface area (Å²) in [6.07, 6.45) is 5.70. The van der Waals surface area contributed by atoms with E-state index in [1.165, 1.54) is 19.4 Å². The van der Waals surface area contributed by atoms with Gasteiger partial charge in [-0.25, -0.2) is 0 Å². The van der Waals surface area contributed by atoms with E-state index in [0.29, 0.717) is 12.1 Å². The quantitative estimate of drug-likeness (QED) is 0.693. The lowest BCUT2D eigenvalue weighted by molar-refractivity contribution is 0.126. The van der Waals surface area contributed by atoms with Gasteiger partial charge in [0.05, 0.1) is 5.69 Å². The molecule has 3 rings (SSSR count). The number of fused-ring (bicyclic) bond motifs is 1. The second kappa shape index (κ2) is 3.49. The van der Waals surface area contributed by atoms with Crippen LogP contribution >= 0.6 is 0 Å². The maximum absolute atomic E-state index is 5.96. The average molecular weight is 204 g/mol. The number of hydrogen-bond acceptors (Lipinski definition) is 3. The minimum Gasteiger partial charge on any atom is -0.486 e. The Balaban J connectivity index is 1.78. The van der Waals surface area contributed by atoms with Crippen molar-refractivity contribution >= 4 is 0 Å². The van der Waals surface area contributed by atoms with Crippen molar-refractivity contribution < 1.29 is 4.74 Å². The van der Waals surface area contributed by atoms with Crippen LogP contribution in [0.2, 0.25) is 0 Å². The summed E-state index contributed by atoms with van der Waals surface area (Å²) in [5.41, 5.74) is 1.13. The molecule has 0 radical (unpaired) electrons. The molecule has 80 valence electrons. The van der Waals surface area contributed by atoms with E-state index in [4.69, 9.17) is 4.74 Å². The van der Waals surface area contributed by atoms with Gasteiger partial charge in [0.15, 0.2) is 0 Å². The summed E-state index contributed by atoms with van der Waals surface area (Å²) in [5.74, 6) is 0.989. The summed E-state index contributed by atoms with van der Waals surface area (Å²) < 4.78 is 5.96. The van der Waals surface area contributed by atoms with Gasteiger partial charge in [0.25, 0.3) is 0 Å². The third kappa shape index (κ3) is 1.51. The highest BCUT2D eigenvalue weighted by Crippen LogP contribution is 2.32. The second-order valence-electron chi connectivity index (χ2n) is 4.50. The number of rotatable bonds is 1. The molecular formula is C12H16N2O. The van der Waals surface area contributed by atoms with Crippen molar-refractivity contribution in [3.05, 3.63) is 24.0 Å². The van der Waals surface area contributed by atoms with Gasteiger partial charge in [-0.2, -0.15) is 0 Å². The number of pyridine rings is 1. The van der Waals surface area contributed by atoms with Gasteiger partial charge in [-0.3, -0.25) is 9.88 Å². The van der Waals surface area contributed by atoms with Gasteiger partial charge in [0.1, 0.15) is 11.9 Å². The Morgan fingerprint density at radius 1 is 1.53 bits per heavy atom. The number of ether oxygens (including phenoxy) is 1. The SMILES string of the molecule is CN1CCCC1[C@@H]1Cc2ncccc2O1. The van der Waals surface area contributed by atoms with E-state index in [1.54, 1.807) is 0 Å². The lowest BCUT2D eigenvalue weighted by atomic mass is 10.1. The van der Waals surface area contributed by atoms with Crippen LogP contribution < -0.4 is 4.74 Å². The normalized spacial score (nSPS) is 30.2. The van der Waals surface area contributed by atoms with E-state index in [-0.39, 0.29) is 0 Å². The Labute approximate surface area is 90.1 Å². The van der Waals surface area contributed by atoms with Gasteiger partial charge >= 0.3 is 0 Å². The largest absolute Gasteiger partial charge is 0.486 e. The Bertz CT molecular complexity index is 341. The molecule has 1 aromatic rings. The fourth-order valence-corrected chi connectivity index (χ4v) is 2.70. The molecule has 1 unspecified atom stereocenters. The molecule has 0 aliphatic carbocycles. The number of nitrogens with zero attached hydrogens (tertiary/aromatic N) is 2. The molecule has 2 aliphatic heterocycles. The molecule has 0 bridgehead atoms. The Morgan fingerprint density at radius 2 is 2.47 bits per heavy atom. The molecule has 0 N–H and O–H groups in total. The Kier molecular flexibility index (Phi) is 2.13. The number of likely N-dealkylation sites (N-methyl/N-ethyl adjacent to an activating group) is 1. The minimum absolute atomic E-state index is 0.322. The summed E-state index contributed by atoms with van der Waals surface area (Å²) in [4.78, 5) is 6.78. The molecule has 3 heterocycles. The molecule has 0 amide bonds. The fraction of sp³-hybridized carbons (Fsp3) is 0.583. The molecule has 2 aliphatic rings. The van der Waals surface area contributed by atoms with Gasteiger partial charge in [-0.15, -0.1) is 0 Å². The minimum atomic E-state index is 0.322. The summed E-state index contributed by atoms with van der Waals surface area (Å²) >= 11 is 0. The summed E-state index contributed by atoms with van der Waals surface area (Å²) in [6, 6.07) is 4.55. The van der Waals surface area contributed by atoms with Crippen LogP contribution in [0.3, 0.4) is 0 Å². The van der Waals surface area contributed by atoms with Crippen molar-refractivity contribution in [1.82, 2.24) is 9.88 Å². The summed E-state index contributed by atoms with van der Waals surface area (Å²) in [6.45, 7) is 1.20. The first-order valence-electron chi connectivity index (χ1n) is 5.65. The summed E-state index contributed by atoms with van der Waals surface area (Å²) in [7, 11) is 2.19. The molecular weight excluding hydrogens is 188 g/mol. The topological polar surface area (TPSA) is 25.4 Å². The maximum Gasteiger partial charge on any atom is 0.141 e. The smallest absolute Gasteiger partial charge is 0.141 e. The van der Waals surface area contributed by atoms with Crippen LogP contribution in [0.4, 0.5) is 0 Å². The monoisotopic (exact) mass is 204 g/mol. The second-order valence-corrected chi connectivity index (χ2v) is 4.50. The fourth-order valence-electron chi connectivity index (χ4n) is 2.70. The molecule has 1 fully saturated rings. The van der Waals surface area contributed by atoms with Crippen LogP contribution in [0.5, 0.6) is 5.75 Å². The van der Waals surface area contributed by atoms with Crippen LogP contribution in [0.25, 0.3) is 0 Å². The molecule has 3 heteroatoms. The maximum atomic E-state index is 5.96. The van der Waals surface area contributed by atoms with Crippen molar-refractivity contribution in [2.75, 3.05) is 13.6 Å². The molecule has 0 spiro atoms. The summed E-state index contributed by atoms with van der Waals surface area (Å²) in [5, 5.41) is 0. The van der Waals surface area contributed by atoms with Crippen molar-refractivity contribution in [3.8, 4) is 5.75 Å². The standard InChI is InChI=1S/C12H16N2O/c1-14-7-3-4-10(14)12-8-9-11(15-12)5-2-6-13-9/h2,5-6,10,12H,3-4,7-8H2,1H3/t10?,12-/m0/s1. The van der Waals surface area contributed by atoms with Gasteiger partial charge in [0, 0.05) is 18.7 Å². The van der Waals surface area contributed by atoms with Gasteiger partial charge in [-0.05, 0) is 38.6 Å². The zero-order valence-electron chi connectivity index (χ0n) is 9.02. The first-order valence-corrected chi connectivity index (χ1v) is 5.65. The highest BCUT2D eigenvalue weighted by atomic mass is 16.5. The van der Waals surface area contributed by atoms with Crippen molar-refractivity contribution in [3.63, 3.8) is 0 Å². The van der Waals surface area contributed by atoms with Crippen LogP contribution in [-0.2, 0) is 6.42 Å². The Hall–Kier alpha value is -1.09. The van der Waals surface area contributed by atoms with E-state index >= 15 is 0 Å².